The van der Waals surface area contributed by atoms with Gasteiger partial charge in [-0.15, -0.1) is 5.10 Å². The zero-order chi connectivity index (χ0) is 35.9. The number of pyridine rings is 1. The molecule has 1 atom stereocenters. The lowest BCUT2D eigenvalue weighted by molar-refractivity contribution is -0.133. The third-order valence-corrected chi connectivity index (χ3v) is 9.55. The van der Waals surface area contributed by atoms with Crippen LogP contribution in [0.4, 0.5) is 14.9 Å². The molecule has 0 bridgehead atoms. The first kappa shape index (κ1) is 34.1. The Hall–Kier alpha value is -5.36. The average molecular weight is 710 g/mol. The third-order valence-electron chi connectivity index (χ3n) is 9.22. The first-order chi connectivity index (χ1) is 24.4. The van der Waals surface area contributed by atoms with Crippen molar-refractivity contribution in [3.8, 4) is 22.5 Å². The third kappa shape index (κ3) is 7.14. The number of piperidine rings is 1. The molecule has 4 heterocycles. The van der Waals surface area contributed by atoms with Gasteiger partial charge in [0, 0.05) is 52.9 Å². The summed E-state index contributed by atoms with van der Waals surface area (Å²) in [6, 6.07) is 20.4. The number of ether oxygens (including phenoxy) is 1. The van der Waals surface area contributed by atoms with Gasteiger partial charge in [-0.05, 0) is 76.4 Å². The van der Waals surface area contributed by atoms with Crippen LogP contribution in [0, 0.1) is 5.82 Å². The predicted molar refractivity (Wildman–Crippen MR) is 192 cm³/mol. The molecule has 0 saturated carbocycles. The summed E-state index contributed by atoms with van der Waals surface area (Å²) < 4.78 is 21.7. The van der Waals surface area contributed by atoms with Gasteiger partial charge in [0.25, 0.3) is 5.91 Å². The molecule has 2 fully saturated rings. The smallest absolute Gasteiger partial charge is 0.412 e. The van der Waals surface area contributed by atoms with Gasteiger partial charge in [-0.1, -0.05) is 53.2 Å². The maximum atomic E-state index is 14.9. The van der Waals surface area contributed by atoms with E-state index < -0.39 is 23.6 Å². The molecule has 7 rings (SSSR count). The molecule has 2 saturated heterocycles. The van der Waals surface area contributed by atoms with Crippen molar-refractivity contribution in [2.45, 2.75) is 57.7 Å². The van der Waals surface area contributed by atoms with Crippen LogP contribution in [0.3, 0.4) is 0 Å². The van der Waals surface area contributed by atoms with Crippen molar-refractivity contribution < 1.29 is 23.5 Å². The number of amides is 3. The van der Waals surface area contributed by atoms with Gasteiger partial charge in [0.1, 0.15) is 23.2 Å². The van der Waals surface area contributed by atoms with Crippen molar-refractivity contribution >= 4 is 46.1 Å². The molecule has 3 aromatic carbocycles. The Bertz CT molecular complexity index is 2140. The van der Waals surface area contributed by atoms with E-state index in [2.05, 4.69) is 15.6 Å². The van der Waals surface area contributed by atoms with Crippen molar-refractivity contribution in [1.82, 2.24) is 29.8 Å². The first-order valence-corrected chi connectivity index (χ1v) is 17.3. The summed E-state index contributed by atoms with van der Waals surface area (Å²) in [4.78, 5) is 48.4. The second kappa shape index (κ2) is 13.7. The second-order valence-corrected chi connectivity index (χ2v) is 14.2. The highest BCUT2D eigenvalue weighted by molar-refractivity contribution is 6.33. The molecule has 51 heavy (non-hydrogen) atoms. The highest BCUT2D eigenvalue weighted by atomic mass is 35.5. The Morgan fingerprint density at radius 2 is 1.67 bits per heavy atom. The van der Waals surface area contributed by atoms with Crippen molar-refractivity contribution in [2.75, 3.05) is 25.0 Å². The lowest BCUT2D eigenvalue weighted by atomic mass is 10.00. The largest absolute Gasteiger partial charge is 0.444 e. The van der Waals surface area contributed by atoms with Gasteiger partial charge in [0.05, 0.1) is 23.0 Å². The van der Waals surface area contributed by atoms with Gasteiger partial charge in [-0.25, -0.2) is 18.9 Å². The van der Waals surface area contributed by atoms with Crippen molar-refractivity contribution in [3.63, 3.8) is 0 Å². The van der Waals surface area contributed by atoms with Crippen LogP contribution < -0.4 is 5.32 Å². The average Bonchev–Trinajstić information content (AvgIpc) is 3.74. The molecule has 2 aliphatic rings. The number of carbonyl (C=O) groups is 3. The Kier molecular flexibility index (Phi) is 9.19. The number of aromatic nitrogens is 4. The molecule has 11 nitrogen and oxygen atoms in total. The van der Waals surface area contributed by atoms with E-state index in [0.29, 0.717) is 66.4 Å². The second-order valence-electron chi connectivity index (χ2n) is 13.8. The number of halogens is 2. The lowest BCUT2D eigenvalue weighted by Crippen LogP contribution is -2.47. The van der Waals surface area contributed by atoms with Crippen molar-refractivity contribution in [3.05, 3.63) is 95.4 Å². The minimum Gasteiger partial charge on any atom is -0.444 e. The number of hydrogen-bond donors (Lipinski definition) is 1. The molecule has 2 aromatic heterocycles. The summed E-state index contributed by atoms with van der Waals surface area (Å²) in [6.07, 6.45) is 2.69. The zero-order valence-electron chi connectivity index (χ0n) is 28.5. The van der Waals surface area contributed by atoms with Gasteiger partial charge in [0.15, 0.2) is 0 Å². The quantitative estimate of drug-likeness (QED) is 0.195. The Morgan fingerprint density at radius 1 is 0.922 bits per heavy atom. The number of benzene rings is 3. The molecule has 1 N–H and O–H groups in total. The van der Waals surface area contributed by atoms with E-state index in [0.717, 1.165) is 10.9 Å². The van der Waals surface area contributed by atoms with Crippen LogP contribution in [0.5, 0.6) is 0 Å². The summed E-state index contributed by atoms with van der Waals surface area (Å²) in [5, 5.41) is 12.3. The SMILES string of the molecule is CC(C)(C)OC(=O)Nc1ccc(F)c(-c2cn(C3CCN(C4CCN(C(=O)c5cc(-c6ccccc6Cl)nc6ccccc56)CC4)C3=O)nn2)c1. The van der Waals surface area contributed by atoms with Crippen LogP contribution in [0.2, 0.25) is 5.02 Å². The van der Waals surface area contributed by atoms with Crippen LogP contribution in [0.15, 0.2) is 79.0 Å². The molecule has 0 spiro atoms. The maximum absolute atomic E-state index is 14.9. The van der Waals surface area contributed by atoms with Gasteiger partial charge >= 0.3 is 6.09 Å². The fraction of sp³-hybridized carbons (Fsp3) is 0.316. The fourth-order valence-corrected chi connectivity index (χ4v) is 7.01. The highest BCUT2D eigenvalue weighted by Gasteiger charge is 2.39. The number of nitrogens with one attached hydrogen (secondary N) is 1. The molecule has 0 radical (unpaired) electrons. The van der Waals surface area contributed by atoms with E-state index in [4.69, 9.17) is 21.3 Å². The van der Waals surface area contributed by atoms with Crippen molar-refractivity contribution in [2.24, 2.45) is 0 Å². The predicted octanol–water partition coefficient (Wildman–Crippen LogP) is 7.38. The standard InChI is InChI=1S/C38H37ClFN7O4/c1-38(2,3)51-37(50)41-23-12-13-30(40)28(20-23)33-22-47(44-43-33)34-16-19-46(36(34)49)24-14-17-45(18-15-24)35(48)27-21-32(26-9-4-6-10-29(26)39)42-31-11-7-5-8-25(27)31/h4-13,20-22,24,34H,14-19H2,1-3H3,(H,41,50). The van der Waals surface area contributed by atoms with E-state index in [-0.39, 0.29) is 29.1 Å². The minimum atomic E-state index is -0.690. The fourth-order valence-electron chi connectivity index (χ4n) is 6.78. The Labute approximate surface area is 299 Å². The summed E-state index contributed by atoms with van der Waals surface area (Å²) in [7, 11) is 0. The normalized spacial score (nSPS) is 16.9. The summed E-state index contributed by atoms with van der Waals surface area (Å²) in [6.45, 7) is 6.78. The molecule has 3 amide bonds. The van der Waals surface area contributed by atoms with E-state index in [1.807, 2.05) is 58.3 Å². The maximum Gasteiger partial charge on any atom is 0.412 e. The number of likely N-dealkylation sites (tertiary alicyclic amines) is 2. The van der Waals surface area contributed by atoms with Crippen molar-refractivity contribution in [1.29, 1.82) is 0 Å². The number of carbonyl (C=O) groups excluding carboxylic acids is 3. The number of fused-ring (bicyclic) bond motifs is 1. The van der Waals surface area contributed by atoms with Gasteiger partial charge in [-0.2, -0.15) is 0 Å². The molecule has 13 heteroatoms. The summed E-state index contributed by atoms with van der Waals surface area (Å²) >= 11 is 6.49. The summed E-state index contributed by atoms with van der Waals surface area (Å²) in [5.74, 6) is -0.711. The van der Waals surface area contributed by atoms with E-state index >= 15 is 0 Å². The number of anilines is 1. The topological polar surface area (TPSA) is 123 Å². The highest BCUT2D eigenvalue weighted by Crippen LogP contribution is 2.33. The van der Waals surface area contributed by atoms with E-state index in [9.17, 15) is 18.8 Å². The molecule has 2 aliphatic heterocycles. The zero-order valence-corrected chi connectivity index (χ0v) is 29.2. The minimum absolute atomic E-state index is 0.0320. The Morgan fingerprint density at radius 3 is 2.43 bits per heavy atom. The monoisotopic (exact) mass is 709 g/mol. The number of hydrogen-bond acceptors (Lipinski definition) is 7. The molecule has 262 valence electrons. The number of nitrogens with zero attached hydrogens (tertiary/aromatic N) is 6. The van der Waals surface area contributed by atoms with Gasteiger partial charge in [-0.3, -0.25) is 14.9 Å². The van der Waals surface area contributed by atoms with Crippen LogP contribution >= 0.6 is 11.6 Å². The first-order valence-electron chi connectivity index (χ1n) is 16.9. The lowest BCUT2D eigenvalue weighted by Gasteiger charge is -2.37. The van der Waals surface area contributed by atoms with Crippen LogP contribution in [0.1, 0.15) is 56.4 Å². The molecule has 5 aromatic rings. The van der Waals surface area contributed by atoms with Crippen LogP contribution in [-0.2, 0) is 9.53 Å². The van der Waals surface area contributed by atoms with E-state index in [1.54, 1.807) is 33.0 Å². The van der Waals surface area contributed by atoms with Crippen LogP contribution in [0.25, 0.3) is 33.4 Å². The molecular weight excluding hydrogens is 673 g/mol. The van der Waals surface area contributed by atoms with Gasteiger partial charge < -0.3 is 14.5 Å². The number of para-hydroxylation sites is 1. The number of rotatable bonds is 6. The van der Waals surface area contributed by atoms with E-state index in [1.165, 1.54) is 22.9 Å². The van der Waals surface area contributed by atoms with Crippen LogP contribution in [-0.4, -0.2) is 79.0 Å². The molecular formula is C38H37ClFN7O4. The molecule has 0 aliphatic carbocycles. The summed E-state index contributed by atoms with van der Waals surface area (Å²) in [5.41, 5.74) is 2.69. The van der Waals surface area contributed by atoms with Gasteiger partial charge in [0.2, 0.25) is 5.91 Å². The molecule has 1 unspecified atom stereocenters. The Balaban J connectivity index is 1.02.